The largest absolute Gasteiger partial charge is 0.318 e. The van der Waals surface area contributed by atoms with Crippen LogP contribution in [0.3, 0.4) is 0 Å². The van der Waals surface area contributed by atoms with Crippen molar-refractivity contribution in [2.45, 2.75) is 26.3 Å². The maximum Gasteiger partial charge on any atom is 0.0648 e. The second kappa shape index (κ2) is 4.87. The summed E-state index contributed by atoms with van der Waals surface area (Å²) >= 11 is 3.59. The minimum Gasteiger partial charge on any atom is -0.318 e. The zero-order valence-electron chi connectivity index (χ0n) is 11.0. The number of aryl methyl sites for hydroxylation is 2. The van der Waals surface area contributed by atoms with Gasteiger partial charge in [-0.2, -0.15) is 0 Å². The lowest BCUT2D eigenvalue weighted by Gasteiger charge is -2.28. The molecule has 0 aliphatic heterocycles. The molecule has 1 nitrogen and oxygen atoms in total. The van der Waals surface area contributed by atoms with Gasteiger partial charge in [0.2, 0.25) is 0 Å². The van der Waals surface area contributed by atoms with Crippen LogP contribution in [0.2, 0.25) is 0 Å². The Kier molecular flexibility index (Phi) is 3.60. The SMILES string of the molecule is Cc1cc(C)cc(C(C)(N)c2ccccc2Br)c1. The maximum absolute atomic E-state index is 6.57. The van der Waals surface area contributed by atoms with Crippen molar-refractivity contribution in [3.05, 3.63) is 69.2 Å². The molecule has 1 atom stereocenters. The summed E-state index contributed by atoms with van der Waals surface area (Å²) in [5.41, 5.74) is 10.8. The number of benzene rings is 2. The molecule has 0 aromatic heterocycles. The smallest absolute Gasteiger partial charge is 0.0648 e. The first-order chi connectivity index (χ1) is 8.41. The maximum atomic E-state index is 6.57. The van der Waals surface area contributed by atoms with Crippen LogP contribution in [-0.4, -0.2) is 0 Å². The van der Waals surface area contributed by atoms with E-state index in [2.05, 4.69) is 61.0 Å². The van der Waals surface area contributed by atoms with Crippen LogP contribution in [0.15, 0.2) is 46.9 Å². The average molecular weight is 304 g/mol. The van der Waals surface area contributed by atoms with E-state index in [1.807, 2.05) is 18.2 Å². The van der Waals surface area contributed by atoms with Gasteiger partial charge in [0.05, 0.1) is 5.54 Å². The second-order valence-corrected chi connectivity index (χ2v) is 5.91. The molecule has 0 aliphatic rings. The van der Waals surface area contributed by atoms with Crippen LogP contribution in [0, 0.1) is 13.8 Å². The second-order valence-electron chi connectivity index (χ2n) is 5.06. The van der Waals surface area contributed by atoms with Gasteiger partial charge in [-0.1, -0.05) is 63.5 Å². The minimum atomic E-state index is -0.489. The molecule has 0 radical (unpaired) electrons. The molecule has 0 amide bonds. The summed E-state index contributed by atoms with van der Waals surface area (Å²) in [5.74, 6) is 0. The third-order valence-electron chi connectivity index (χ3n) is 3.25. The number of nitrogens with two attached hydrogens (primary N) is 1. The van der Waals surface area contributed by atoms with Crippen LogP contribution in [0.1, 0.15) is 29.2 Å². The highest BCUT2D eigenvalue weighted by Crippen LogP contribution is 2.32. The Labute approximate surface area is 117 Å². The van der Waals surface area contributed by atoms with E-state index < -0.39 is 5.54 Å². The minimum absolute atomic E-state index is 0.489. The van der Waals surface area contributed by atoms with Crippen molar-refractivity contribution < 1.29 is 0 Å². The van der Waals surface area contributed by atoms with E-state index in [0.717, 1.165) is 15.6 Å². The highest BCUT2D eigenvalue weighted by Gasteiger charge is 2.26. The first kappa shape index (κ1) is 13.3. The first-order valence-electron chi connectivity index (χ1n) is 6.04. The van der Waals surface area contributed by atoms with Crippen molar-refractivity contribution in [3.8, 4) is 0 Å². The van der Waals surface area contributed by atoms with E-state index in [-0.39, 0.29) is 0 Å². The zero-order valence-corrected chi connectivity index (χ0v) is 12.6. The van der Waals surface area contributed by atoms with Crippen molar-refractivity contribution in [1.29, 1.82) is 0 Å². The fraction of sp³-hybridized carbons (Fsp3) is 0.250. The number of halogens is 1. The topological polar surface area (TPSA) is 26.0 Å². The van der Waals surface area contributed by atoms with Crippen LogP contribution < -0.4 is 5.73 Å². The van der Waals surface area contributed by atoms with Gasteiger partial charge < -0.3 is 5.73 Å². The lowest BCUT2D eigenvalue weighted by atomic mass is 9.84. The van der Waals surface area contributed by atoms with Gasteiger partial charge in [-0.3, -0.25) is 0 Å². The molecule has 0 saturated heterocycles. The first-order valence-corrected chi connectivity index (χ1v) is 6.83. The molecule has 2 N–H and O–H groups in total. The molecular weight excluding hydrogens is 286 g/mol. The molecule has 2 heteroatoms. The summed E-state index contributed by atoms with van der Waals surface area (Å²) in [5, 5.41) is 0. The van der Waals surface area contributed by atoms with Gasteiger partial charge in [-0.25, -0.2) is 0 Å². The van der Waals surface area contributed by atoms with E-state index in [0.29, 0.717) is 0 Å². The van der Waals surface area contributed by atoms with Gasteiger partial charge in [-0.05, 0) is 38.0 Å². The predicted molar refractivity (Wildman–Crippen MR) is 80.7 cm³/mol. The molecule has 0 bridgehead atoms. The van der Waals surface area contributed by atoms with E-state index in [1.165, 1.54) is 11.1 Å². The van der Waals surface area contributed by atoms with Gasteiger partial charge in [0.25, 0.3) is 0 Å². The van der Waals surface area contributed by atoms with Gasteiger partial charge in [0.1, 0.15) is 0 Å². The number of rotatable bonds is 2. The normalized spacial score (nSPS) is 14.3. The highest BCUT2D eigenvalue weighted by molar-refractivity contribution is 9.10. The van der Waals surface area contributed by atoms with Crippen LogP contribution in [0.25, 0.3) is 0 Å². The summed E-state index contributed by atoms with van der Waals surface area (Å²) in [4.78, 5) is 0. The molecule has 0 saturated carbocycles. The predicted octanol–water partition coefficient (Wildman–Crippen LogP) is 4.29. The van der Waals surface area contributed by atoms with Gasteiger partial charge >= 0.3 is 0 Å². The van der Waals surface area contributed by atoms with Gasteiger partial charge in [0, 0.05) is 4.47 Å². The monoisotopic (exact) mass is 303 g/mol. The molecule has 18 heavy (non-hydrogen) atoms. The lowest BCUT2D eigenvalue weighted by Crippen LogP contribution is -2.34. The molecule has 0 heterocycles. The van der Waals surface area contributed by atoms with Gasteiger partial charge in [-0.15, -0.1) is 0 Å². The molecule has 0 spiro atoms. The van der Waals surface area contributed by atoms with E-state index in [9.17, 15) is 0 Å². The molecule has 0 aliphatic carbocycles. The molecule has 2 aromatic carbocycles. The standard InChI is InChI=1S/C16H18BrN/c1-11-8-12(2)10-13(9-11)16(3,18)14-6-4-5-7-15(14)17/h4-10H,18H2,1-3H3. The third kappa shape index (κ3) is 2.50. The summed E-state index contributed by atoms with van der Waals surface area (Å²) in [6.45, 7) is 6.26. The van der Waals surface area contributed by atoms with Crippen molar-refractivity contribution in [2.24, 2.45) is 5.73 Å². The Morgan fingerprint density at radius 1 is 1.00 bits per heavy atom. The zero-order chi connectivity index (χ0) is 13.3. The van der Waals surface area contributed by atoms with Gasteiger partial charge in [0.15, 0.2) is 0 Å². The van der Waals surface area contributed by atoms with Crippen molar-refractivity contribution in [1.82, 2.24) is 0 Å². The Bertz CT molecular complexity index is 553. The summed E-state index contributed by atoms with van der Waals surface area (Å²) in [6, 6.07) is 14.6. The van der Waals surface area contributed by atoms with Crippen LogP contribution in [-0.2, 0) is 5.54 Å². The van der Waals surface area contributed by atoms with E-state index in [4.69, 9.17) is 5.73 Å². The molecular formula is C16H18BrN. The Morgan fingerprint density at radius 2 is 1.56 bits per heavy atom. The average Bonchev–Trinajstić information content (AvgIpc) is 2.28. The Morgan fingerprint density at radius 3 is 2.11 bits per heavy atom. The number of hydrogen-bond donors (Lipinski definition) is 1. The van der Waals surface area contributed by atoms with E-state index >= 15 is 0 Å². The fourth-order valence-electron chi connectivity index (χ4n) is 2.31. The number of hydrogen-bond acceptors (Lipinski definition) is 1. The van der Waals surface area contributed by atoms with Crippen LogP contribution >= 0.6 is 15.9 Å². The Hall–Kier alpha value is -1.12. The Balaban J connectivity index is 2.57. The summed E-state index contributed by atoms with van der Waals surface area (Å²) < 4.78 is 1.05. The molecule has 94 valence electrons. The van der Waals surface area contributed by atoms with Crippen LogP contribution in [0.4, 0.5) is 0 Å². The lowest BCUT2D eigenvalue weighted by molar-refractivity contribution is 0.599. The molecule has 1 unspecified atom stereocenters. The van der Waals surface area contributed by atoms with Crippen molar-refractivity contribution in [3.63, 3.8) is 0 Å². The summed E-state index contributed by atoms with van der Waals surface area (Å²) in [7, 11) is 0. The quantitative estimate of drug-likeness (QED) is 0.880. The molecule has 0 fully saturated rings. The summed E-state index contributed by atoms with van der Waals surface area (Å²) in [6.07, 6.45) is 0. The fourth-order valence-corrected chi connectivity index (χ4v) is 3.01. The van der Waals surface area contributed by atoms with Crippen molar-refractivity contribution in [2.75, 3.05) is 0 Å². The molecule has 2 rings (SSSR count). The van der Waals surface area contributed by atoms with E-state index in [1.54, 1.807) is 0 Å². The highest BCUT2D eigenvalue weighted by atomic mass is 79.9. The molecule has 2 aromatic rings. The van der Waals surface area contributed by atoms with Crippen molar-refractivity contribution >= 4 is 15.9 Å². The van der Waals surface area contributed by atoms with Crippen LogP contribution in [0.5, 0.6) is 0 Å². The third-order valence-corrected chi connectivity index (χ3v) is 3.95.